The van der Waals surface area contributed by atoms with Crippen molar-refractivity contribution in [2.45, 2.75) is 0 Å². The molecular weight excluding hydrogens is 224 g/mol. The van der Waals surface area contributed by atoms with Gasteiger partial charge in [-0.3, -0.25) is 0 Å². The number of halogens is 3. The van der Waals surface area contributed by atoms with Crippen molar-refractivity contribution in [2.75, 3.05) is 0 Å². The van der Waals surface area contributed by atoms with Crippen LogP contribution in [0.2, 0.25) is 0 Å². The monoisotopic (exact) mass is 223 g/mol. The molecule has 0 saturated carbocycles. The van der Waals surface area contributed by atoms with E-state index in [1.165, 1.54) is 0 Å². The zero-order valence-electron chi connectivity index (χ0n) is 3.24. The maximum absolute atomic E-state index is 10.4. The van der Waals surface area contributed by atoms with Gasteiger partial charge in [-0.1, -0.05) is 13.6 Å². The van der Waals surface area contributed by atoms with Crippen molar-refractivity contribution >= 4 is 7.32 Å². The number of hydrogen-bond donors (Lipinski definition) is 0. The molecule has 1 radical (unpaired) electrons. The van der Waals surface area contributed by atoms with Crippen LogP contribution in [0.15, 0.2) is 0 Å². The molecule has 0 atom stereocenters. The van der Waals surface area contributed by atoms with Gasteiger partial charge in [0.25, 0.3) is 0 Å². The molecule has 0 aliphatic carbocycles. The van der Waals surface area contributed by atoms with Gasteiger partial charge in [0.15, 0.2) is 0 Å². The Kier molecular flexibility index (Phi) is 10.6. The van der Waals surface area contributed by atoms with E-state index in [-0.39, 0.29) is 22.4 Å². The van der Waals surface area contributed by atoms with E-state index >= 15 is 0 Å². The summed E-state index contributed by atoms with van der Waals surface area (Å²) in [5.41, 5.74) is 0. The van der Waals surface area contributed by atoms with E-state index in [0.29, 0.717) is 0 Å². The van der Waals surface area contributed by atoms with Crippen LogP contribution < -0.4 is 0 Å². The average Bonchev–Trinajstić information content (AvgIpc) is 1.72. The summed E-state index contributed by atoms with van der Waals surface area (Å²) in [6, 6.07) is 0. The zero-order chi connectivity index (χ0) is 5.70. The smallest absolute Gasteiger partial charge is 0.185 e. The van der Waals surface area contributed by atoms with Crippen LogP contribution in [0.3, 0.4) is 0 Å². The molecule has 3 nitrogen and oxygen atoms in total. The summed E-state index contributed by atoms with van der Waals surface area (Å²) in [5, 5.41) is 0. The third-order valence-corrected chi connectivity index (χ3v) is 0.218. The first-order valence-electron chi connectivity index (χ1n) is 1.17. The van der Waals surface area contributed by atoms with Gasteiger partial charge in [-0.2, -0.15) is 14.6 Å². The molecule has 53 valence electrons. The maximum Gasteiger partial charge on any atom is 0.737 e. The molecule has 0 rings (SSSR count). The fourth-order valence-electron chi connectivity index (χ4n) is 0.0412. The number of rotatable bonds is 3. The molecule has 0 saturated heterocycles. The second-order valence-electron chi connectivity index (χ2n) is 0.556. The molecule has 0 N–H and O–H groups in total. The third kappa shape index (κ3) is 4.63. The van der Waals surface area contributed by atoms with E-state index in [1.54, 1.807) is 0 Å². The molecule has 0 amide bonds. The van der Waals surface area contributed by atoms with Crippen LogP contribution >= 0.6 is 0 Å². The molecule has 8 heteroatoms. The van der Waals surface area contributed by atoms with Crippen molar-refractivity contribution in [1.29, 1.82) is 0 Å². The Morgan fingerprint density at radius 2 is 1.12 bits per heavy atom. The average molecular weight is 224 g/mol. The van der Waals surface area contributed by atoms with Gasteiger partial charge in [0.2, 0.25) is 0 Å². The molecule has 0 aromatic heterocycles. The van der Waals surface area contributed by atoms with Crippen molar-refractivity contribution in [3.05, 3.63) is 0 Å². The van der Waals surface area contributed by atoms with Gasteiger partial charge in [-0.05, 0) is 0 Å². The van der Waals surface area contributed by atoms with E-state index in [1.807, 2.05) is 0 Å². The molecule has 0 fully saturated rings. The van der Waals surface area contributed by atoms with E-state index < -0.39 is 7.32 Å². The molecule has 0 heterocycles. The van der Waals surface area contributed by atoms with E-state index in [0.717, 1.165) is 0 Å². The Morgan fingerprint density at radius 3 is 1.12 bits per heavy atom. The zero-order valence-corrected chi connectivity index (χ0v) is 4.72. The summed E-state index contributed by atoms with van der Waals surface area (Å²) in [6.07, 6.45) is 0. The summed E-state index contributed by atoms with van der Waals surface area (Å²) in [7, 11) is -2.51. The molecule has 0 spiro atoms. The van der Waals surface area contributed by atoms with Crippen LogP contribution in [0.1, 0.15) is 0 Å². The SMILES string of the molecule is FOB(OF)OF.[Ag]. The van der Waals surface area contributed by atoms with Gasteiger partial charge in [0.1, 0.15) is 0 Å². The summed E-state index contributed by atoms with van der Waals surface area (Å²) < 4.78 is 31.3. The molecule has 8 heavy (non-hydrogen) atoms. The van der Waals surface area contributed by atoms with Gasteiger partial charge in [0, 0.05) is 22.4 Å². The predicted octanol–water partition coefficient (Wildman–Crippen LogP) is 0.672. The minimum Gasteiger partial charge on any atom is -0.185 e. The second kappa shape index (κ2) is 7.48. The van der Waals surface area contributed by atoms with E-state index in [2.05, 4.69) is 14.6 Å². The van der Waals surface area contributed by atoms with Crippen LogP contribution in [-0.2, 0) is 37.0 Å². The largest absolute Gasteiger partial charge is 0.737 e. The van der Waals surface area contributed by atoms with E-state index in [9.17, 15) is 13.6 Å². The first-order chi connectivity index (χ1) is 3.35. The Bertz CT molecular complexity index is 36.0. The van der Waals surface area contributed by atoms with Gasteiger partial charge < -0.3 is 0 Å². The van der Waals surface area contributed by atoms with Crippen molar-refractivity contribution < 1.29 is 50.5 Å². The minimum atomic E-state index is -2.51. The minimum absolute atomic E-state index is 0. The second-order valence-corrected chi connectivity index (χ2v) is 0.556. The first kappa shape index (κ1) is 11.3. The molecule has 0 aliphatic rings. The summed E-state index contributed by atoms with van der Waals surface area (Å²) in [4.78, 5) is 7.06. The van der Waals surface area contributed by atoms with Gasteiger partial charge in [-0.15, -0.1) is 0 Å². The van der Waals surface area contributed by atoms with Crippen molar-refractivity contribution in [3.63, 3.8) is 0 Å². The Morgan fingerprint density at radius 1 is 0.875 bits per heavy atom. The van der Waals surface area contributed by atoms with Crippen LogP contribution in [0.25, 0.3) is 0 Å². The van der Waals surface area contributed by atoms with Crippen LogP contribution in [-0.4, -0.2) is 7.32 Å². The normalized spacial score (nSPS) is 7.88. The molecule has 0 unspecified atom stereocenters. The quantitative estimate of drug-likeness (QED) is 0.659. The Hall–Kier alpha value is 0.475. The summed E-state index contributed by atoms with van der Waals surface area (Å²) >= 11 is 0. The topological polar surface area (TPSA) is 27.7 Å². The number of hydrogen-bond acceptors (Lipinski definition) is 3. The van der Waals surface area contributed by atoms with Crippen molar-refractivity contribution in [1.82, 2.24) is 0 Å². The third-order valence-electron chi connectivity index (χ3n) is 0.218. The van der Waals surface area contributed by atoms with Gasteiger partial charge in [0.05, 0.1) is 0 Å². The fraction of sp³-hybridized carbons (Fsp3) is 0. The van der Waals surface area contributed by atoms with Crippen LogP contribution in [0.4, 0.5) is 13.6 Å². The standard InChI is InChI=1S/Ag.BF3O3/c;2-5-1(6-3)7-4. The van der Waals surface area contributed by atoms with Crippen molar-refractivity contribution in [2.24, 2.45) is 0 Å². The summed E-state index contributed by atoms with van der Waals surface area (Å²) in [5.74, 6) is 0. The van der Waals surface area contributed by atoms with Crippen LogP contribution in [0, 0.1) is 0 Å². The first-order valence-corrected chi connectivity index (χ1v) is 1.17. The van der Waals surface area contributed by atoms with E-state index in [4.69, 9.17) is 0 Å². The Balaban J connectivity index is 0. The molecule has 0 aromatic rings. The molecule has 0 aliphatic heterocycles. The fourth-order valence-corrected chi connectivity index (χ4v) is 0.0412. The molecule has 0 bridgehead atoms. The predicted molar refractivity (Wildman–Crippen MR) is 12.3 cm³/mol. The maximum atomic E-state index is 10.4. The van der Waals surface area contributed by atoms with Crippen molar-refractivity contribution in [3.8, 4) is 0 Å². The Labute approximate surface area is 58.5 Å². The molecular formula is AgBF3O3. The van der Waals surface area contributed by atoms with Crippen LogP contribution in [0.5, 0.6) is 0 Å². The molecule has 0 aromatic carbocycles. The van der Waals surface area contributed by atoms with Gasteiger partial charge >= 0.3 is 7.32 Å². The van der Waals surface area contributed by atoms with Gasteiger partial charge in [-0.25, -0.2) is 0 Å². The summed E-state index contributed by atoms with van der Waals surface area (Å²) in [6.45, 7) is 0.